The summed E-state index contributed by atoms with van der Waals surface area (Å²) in [6.07, 6.45) is 1.62. The highest BCUT2D eigenvalue weighted by molar-refractivity contribution is 7.99. The number of amides is 1. The number of nitrogens with one attached hydrogen (secondary N) is 1. The van der Waals surface area contributed by atoms with Gasteiger partial charge < -0.3 is 23.9 Å². The third-order valence-electron chi connectivity index (χ3n) is 4.79. The molecule has 0 atom stereocenters. The molecule has 4 aromatic rings. The van der Waals surface area contributed by atoms with E-state index in [0.717, 1.165) is 11.5 Å². The average molecular weight is 465 g/mol. The molecule has 0 fully saturated rings. The van der Waals surface area contributed by atoms with Crippen molar-refractivity contribution < 1.29 is 23.4 Å². The van der Waals surface area contributed by atoms with Gasteiger partial charge in [-0.15, -0.1) is 10.2 Å². The summed E-state index contributed by atoms with van der Waals surface area (Å²) in [6.45, 7) is 0.853. The second-order valence-electron chi connectivity index (χ2n) is 7.07. The molecule has 10 heteroatoms. The second-order valence-corrected chi connectivity index (χ2v) is 8.01. The van der Waals surface area contributed by atoms with Crippen molar-refractivity contribution in [3.63, 3.8) is 0 Å². The number of fused-ring (bicyclic) bond motifs is 1. The number of carbonyl (C=O) groups is 1. The third-order valence-corrected chi connectivity index (χ3v) is 5.75. The molecule has 0 radical (unpaired) electrons. The number of thioether (sulfide) groups is 1. The Morgan fingerprint density at radius 1 is 1.06 bits per heavy atom. The zero-order valence-electron chi connectivity index (χ0n) is 17.5. The fourth-order valence-corrected chi connectivity index (χ4v) is 3.97. The van der Waals surface area contributed by atoms with Gasteiger partial charge in [0.2, 0.25) is 12.7 Å². The number of nitrogens with zero attached hydrogens (tertiary/aromatic N) is 3. The van der Waals surface area contributed by atoms with Gasteiger partial charge >= 0.3 is 0 Å². The molecular weight excluding hydrogens is 444 g/mol. The van der Waals surface area contributed by atoms with Gasteiger partial charge in [0.25, 0.3) is 0 Å². The van der Waals surface area contributed by atoms with Gasteiger partial charge in [-0.2, -0.15) is 0 Å². The molecule has 5 rings (SSSR count). The second kappa shape index (κ2) is 9.70. The van der Waals surface area contributed by atoms with E-state index < -0.39 is 0 Å². The minimum absolute atomic E-state index is 0.157. The largest absolute Gasteiger partial charge is 0.486 e. The van der Waals surface area contributed by atoms with E-state index in [9.17, 15) is 4.79 Å². The molecule has 0 saturated heterocycles. The number of benzene rings is 2. The monoisotopic (exact) mass is 464 g/mol. The van der Waals surface area contributed by atoms with Crippen LogP contribution < -0.4 is 19.5 Å². The summed E-state index contributed by atoms with van der Waals surface area (Å²) in [5, 5.41) is 12.0. The van der Waals surface area contributed by atoms with Gasteiger partial charge in [-0.1, -0.05) is 30.0 Å². The van der Waals surface area contributed by atoms with E-state index >= 15 is 0 Å². The van der Waals surface area contributed by atoms with Crippen LogP contribution in [-0.4, -0.2) is 33.2 Å². The molecule has 0 bridgehead atoms. The first-order chi connectivity index (χ1) is 16.2. The highest BCUT2D eigenvalue weighted by Crippen LogP contribution is 2.34. The van der Waals surface area contributed by atoms with E-state index in [1.807, 2.05) is 47.0 Å². The van der Waals surface area contributed by atoms with E-state index in [1.165, 1.54) is 11.8 Å². The van der Waals surface area contributed by atoms with Gasteiger partial charge in [0.15, 0.2) is 22.5 Å². The first-order valence-corrected chi connectivity index (χ1v) is 11.2. The maximum absolute atomic E-state index is 12.5. The Bertz CT molecular complexity index is 1230. The molecule has 0 aliphatic carbocycles. The van der Waals surface area contributed by atoms with Crippen LogP contribution >= 0.6 is 11.8 Å². The predicted molar refractivity (Wildman–Crippen MR) is 121 cm³/mol. The van der Waals surface area contributed by atoms with Gasteiger partial charge in [-0.05, 0) is 36.4 Å². The van der Waals surface area contributed by atoms with Crippen LogP contribution in [0.1, 0.15) is 11.6 Å². The lowest BCUT2D eigenvalue weighted by molar-refractivity contribution is -0.113. The molecule has 1 aliphatic rings. The molecule has 1 amide bonds. The van der Waals surface area contributed by atoms with Crippen LogP contribution in [0.15, 0.2) is 76.5 Å². The van der Waals surface area contributed by atoms with E-state index in [4.69, 9.17) is 18.6 Å². The summed E-state index contributed by atoms with van der Waals surface area (Å²) in [6, 6.07) is 18.5. The summed E-state index contributed by atoms with van der Waals surface area (Å²) < 4.78 is 23.9. The quantitative estimate of drug-likeness (QED) is 0.372. The van der Waals surface area contributed by atoms with E-state index in [-0.39, 0.29) is 25.1 Å². The molecule has 9 nitrogen and oxygen atoms in total. The number of hydrogen-bond donors (Lipinski definition) is 1. The number of hydrogen-bond acceptors (Lipinski definition) is 8. The third kappa shape index (κ3) is 5.12. The number of aromatic nitrogens is 3. The number of para-hydroxylation sites is 1. The molecule has 3 heterocycles. The van der Waals surface area contributed by atoms with Gasteiger partial charge in [-0.25, -0.2) is 0 Å². The maximum atomic E-state index is 12.5. The molecule has 168 valence electrons. The zero-order chi connectivity index (χ0) is 22.5. The first-order valence-electron chi connectivity index (χ1n) is 10.2. The van der Waals surface area contributed by atoms with E-state index in [1.54, 1.807) is 24.5 Å². The van der Waals surface area contributed by atoms with Gasteiger partial charge in [0, 0.05) is 11.8 Å². The van der Waals surface area contributed by atoms with Crippen molar-refractivity contribution >= 4 is 23.4 Å². The molecule has 0 saturated carbocycles. The van der Waals surface area contributed by atoms with Crippen LogP contribution in [0.5, 0.6) is 17.2 Å². The number of anilines is 1. The molecule has 33 heavy (non-hydrogen) atoms. The van der Waals surface area contributed by atoms with Crippen molar-refractivity contribution in [1.29, 1.82) is 0 Å². The summed E-state index contributed by atoms with van der Waals surface area (Å²) in [4.78, 5) is 12.5. The Morgan fingerprint density at radius 2 is 1.94 bits per heavy atom. The van der Waals surface area contributed by atoms with Crippen LogP contribution in [-0.2, 0) is 17.9 Å². The Kier molecular flexibility index (Phi) is 6.16. The van der Waals surface area contributed by atoms with Crippen molar-refractivity contribution in [3.8, 4) is 17.2 Å². The highest BCUT2D eigenvalue weighted by Gasteiger charge is 2.18. The Hall–Kier alpha value is -3.92. The topological polar surface area (TPSA) is 101 Å². The number of rotatable bonds is 9. The molecule has 2 aromatic carbocycles. The zero-order valence-corrected chi connectivity index (χ0v) is 18.3. The van der Waals surface area contributed by atoms with Crippen molar-refractivity contribution in [2.45, 2.75) is 18.3 Å². The SMILES string of the molecule is O=C(CSc1nnc(COc2ccccc2)n1Cc1ccco1)Nc1ccc2c(c1)OCO2. The van der Waals surface area contributed by atoms with Crippen LogP contribution in [0.25, 0.3) is 0 Å². The lowest BCUT2D eigenvalue weighted by Crippen LogP contribution is -2.15. The Balaban J connectivity index is 1.25. The highest BCUT2D eigenvalue weighted by atomic mass is 32.2. The van der Waals surface area contributed by atoms with Gasteiger partial charge in [0.05, 0.1) is 18.6 Å². The van der Waals surface area contributed by atoms with Gasteiger partial charge in [0.1, 0.15) is 18.1 Å². The molecule has 0 unspecified atom stereocenters. The lowest BCUT2D eigenvalue weighted by Gasteiger charge is -2.10. The molecule has 1 N–H and O–H groups in total. The first kappa shape index (κ1) is 21.0. The van der Waals surface area contributed by atoms with E-state index in [0.29, 0.717) is 34.7 Å². The molecule has 0 spiro atoms. The van der Waals surface area contributed by atoms with Crippen molar-refractivity contribution in [2.75, 3.05) is 17.9 Å². The Morgan fingerprint density at radius 3 is 2.79 bits per heavy atom. The molecule has 2 aromatic heterocycles. The Labute approximate surface area is 193 Å². The predicted octanol–water partition coefficient (Wildman–Crippen LogP) is 3.96. The summed E-state index contributed by atoms with van der Waals surface area (Å²) in [5.74, 6) is 3.39. The van der Waals surface area contributed by atoms with Crippen LogP contribution in [0.3, 0.4) is 0 Å². The smallest absolute Gasteiger partial charge is 0.234 e. The van der Waals surface area contributed by atoms with Crippen LogP contribution in [0.2, 0.25) is 0 Å². The lowest BCUT2D eigenvalue weighted by atomic mass is 10.3. The van der Waals surface area contributed by atoms with Crippen LogP contribution in [0, 0.1) is 0 Å². The minimum atomic E-state index is -0.173. The minimum Gasteiger partial charge on any atom is -0.486 e. The standard InChI is InChI=1S/C23H20N4O5S/c28-22(24-16-8-9-19-20(11-16)32-15-31-19)14-33-23-26-25-21(13-30-17-5-2-1-3-6-17)27(23)12-18-7-4-10-29-18/h1-11H,12-15H2,(H,24,28). The van der Waals surface area contributed by atoms with E-state index in [2.05, 4.69) is 15.5 Å². The molecular formula is C23H20N4O5S. The fraction of sp³-hybridized carbons (Fsp3) is 0.174. The summed E-state index contributed by atoms with van der Waals surface area (Å²) in [5.41, 5.74) is 0.638. The van der Waals surface area contributed by atoms with Crippen LogP contribution in [0.4, 0.5) is 5.69 Å². The normalized spacial score (nSPS) is 12.0. The average Bonchev–Trinajstić information content (AvgIpc) is 3.59. The van der Waals surface area contributed by atoms with Crippen molar-refractivity contribution in [1.82, 2.24) is 14.8 Å². The maximum Gasteiger partial charge on any atom is 0.234 e. The summed E-state index contributed by atoms with van der Waals surface area (Å²) >= 11 is 1.29. The number of carbonyl (C=O) groups excluding carboxylic acids is 1. The molecule has 1 aliphatic heterocycles. The fourth-order valence-electron chi connectivity index (χ4n) is 3.22. The van der Waals surface area contributed by atoms with Crippen molar-refractivity contribution in [2.24, 2.45) is 0 Å². The summed E-state index contributed by atoms with van der Waals surface area (Å²) in [7, 11) is 0. The number of ether oxygens (including phenoxy) is 3. The number of furan rings is 1. The van der Waals surface area contributed by atoms with Crippen molar-refractivity contribution in [3.05, 3.63) is 78.5 Å². The van der Waals surface area contributed by atoms with Gasteiger partial charge in [-0.3, -0.25) is 9.36 Å².